The first kappa shape index (κ1) is 30.8. The van der Waals surface area contributed by atoms with Gasteiger partial charge < -0.3 is 4.90 Å². The molecule has 0 fully saturated rings. The van der Waals surface area contributed by atoms with Crippen LogP contribution >= 0.6 is 11.8 Å². The third-order valence-electron chi connectivity index (χ3n) is 11.4. The van der Waals surface area contributed by atoms with Crippen LogP contribution in [0, 0.1) is 6.92 Å². The van der Waals surface area contributed by atoms with Crippen LogP contribution in [0.1, 0.15) is 31.9 Å². The minimum Gasteiger partial charge on any atom is -0.311 e. The van der Waals surface area contributed by atoms with Crippen LogP contribution < -0.4 is 42.0 Å². The van der Waals surface area contributed by atoms with Crippen molar-refractivity contribution in [1.82, 2.24) is 0 Å². The highest BCUT2D eigenvalue weighted by molar-refractivity contribution is 8.00. The monoisotopic (exact) mass is 687 g/mol. The van der Waals surface area contributed by atoms with E-state index in [-0.39, 0.29) is 12.1 Å². The van der Waals surface area contributed by atoms with Crippen molar-refractivity contribution in [3.63, 3.8) is 0 Å². The summed E-state index contributed by atoms with van der Waals surface area (Å²) in [4.78, 5) is 5.31. The predicted octanol–water partition coefficient (Wildman–Crippen LogP) is 7.41. The van der Waals surface area contributed by atoms with Gasteiger partial charge in [-0.05, 0) is 103 Å². The van der Waals surface area contributed by atoms with Gasteiger partial charge in [0.25, 0.3) is 0 Å². The van der Waals surface area contributed by atoms with Crippen molar-refractivity contribution in [2.75, 3.05) is 4.90 Å². The maximum Gasteiger partial charge on any atom is 0.249 e. The van der Waals surface area contributed by atoms with Crippen molar-refractivity contribution in [3.05, 3.63) is 169 Å². The number of rotatable bonds is 3. The summed E-state index contributed by atoms with van der Waals surface area (Å²) in [5, 5.41) is 5.85. The standard InChI is InChI=1S/C47H38BNSSi/c1-31-27-41-46-43(28-31)50-42-21-13-12-20-38(42)48(46)39-30-45-37(29-40(39)49(41)33-25-23-32(24-26-33)47(2,3)4)36-19-11-14-22-44(36)51(45,34-15-7-5-8-16-34)35-17-9-6-10-18-35/h5-30H,1-4H3. The van der Waals surface area contributed by atoms with Crippen LogP contribution in [0.15, 0.2) is 168 Å². The largest absolute Gasteiger partial charge is 0.311 e. The molecule has 0 atom stereocenters. The molecule has 3 aliphatic rings. The van der Waals surface area contributed by atoms with Gasteiger partial charge in [-0.2, -0.15) is 0 Å². The molecule has 10 rings (SSSR count). The fourth-order valence-electron chi connectivity index (χ4n) is 9.15. The maximum atomic E-state index is 2.66. The Morgan fingerprint density at radius 1 is 0.549 bits per heavy atom. The molecule has 51 heavy (non-hydrogen) atoms. The smallest absolute Gasteiger partial charge is 0.249 e. The molecule has 7 aromatic carbocycles. The van der Waals surface area contributed by atoms with E-state index in [0.29, 0.717) is 0 Å². The zero-order valence-electron chi connectivity index (χ0n) is 29.4. The summed E-state index contributed by atoms with van der Waals surface area (Å²) in [6.07, 6.45) is 0. The predicted molar refractivity (Wildman–Crippen MR) is 222 cm³/mol. The third kappa shape index (κ3) is 4.43. The van der Waals surface area contributed by atoms with Gasteiger partial charge in [0.05, 0.1) is 0 Å². The molecule has 244 valence electrons. The topological polar surface area (TPSA) is 3.24 Å². The number of hydrogen-bond donors (Lipinski definition) is 0. The van der Waals surface area contributed by atoms with Gasteiger partial charge >= 0.3 is 0 Å². The SMILES string of the molecule is Cc1cc2c3c(c1)N(c1ccc(C(C)(C)C)cc1)c1cc4c(cc1B3c1ccccc1S2)[Si](c1ccccc1)(c1ccccc1)c1ccccc1-4. The third-order valence-corrected chi connectivity index (χ3v) is 17.4. The minimum absolute atomic E-state index is 0.0830. The Kier molecular flexibility index (Phi) is 6.78. The Balaban J connectivity index is 1.33. The molecule has 3 heterocycles. The molecule has 0 unspecified atom stereocenters. The second kappa shape index (κ2) is 11.2. The summed E-state index contributed by atoms with van der Waals surface area (Å²) in [7, 11) is -2.67. The number of anilines is 3. The Morgan fingerprint density at radius 3 is 1.90 bits per heavy atom. The molecule has 0 aliphatic carbocycles. The lowest BCUT2D eigenvalue weighted by molar-refractivity contribution is 0.590. The van der Waals surface area contributed by atoms with Gasteiger partial charge in [0.1, 0.15) is 0 Å². The van der Waals surface area contributed by atoms with Crippen LogP contribution in [0.5, 0.6) is 0 Å². The molecule has 0 saturated heterocycles. The van der Waals surface area contributed by atoms with Gasteiger partial charge in [-0.1, -0.05) is 159 Å². The van der Waals surface area contributed by atoms with Gasteiger partial charge in [0.2, 0.25) is 6.71 Å². The van der Waals surface area contributed by atoms with Crippen molar-refractivity contribution in [1.29, 1.82) is 0 Å². The molecule has 3 aliphatic heterocycles. The minimum atomic E-state index is -2.67. The molecular formula is C47H38BNSSi. The van der Waals surface area contributed by atoms with E-state index in [1.54, 1.807) is 0 Å². The van der Waals surface area contributed by atoms with Crippen LogP contribution in [-0.4, -0.2) is 14.8 Å². The molecule has 0 radical (unpaired) electrons. The van der Waals surface area contributed by atoms with E-state index in [4.69, 9.17) is 0 Å². The number of nitrogens with zero attached hydrogens (tertiary/aromatic N) is 1. The van der Waals surface area contributed by atoms with Crippen LogP contribution in [-0.2, 0) is 5.41 Å². The average molecular weight is 688 g/mol. The second-order valence-corrected chi connectivity index (χ2v) is 20.2. The molecule has 0 spiro atoms. The highest BCUT2D eigenvalue weighted by Crippen LogP contribution is 2.44. The average Bonchev–Trinajstić information content (AvgIpc) is 3.44. The first-order chi connectivity index (χ1) is 24.8. The number of aryl methyl sites for hydroxylation is 1. The molecule has 0 bridgehead atoms. The van der Waals surface area contributed by atoms with Crippen LogP contribution in [0.4, 0.5) is 17.1 Å². The Bertz CT molecular complexity index is 2460. The van der Waals surface area contributed by atoms with Crippen molar-refractivity contribution in [3.8, 4) is 11.1 Å². The van der Waals surface area contributed by atoms with E-state index in [2.05, 4.69) is 190 Å². The molecular weight excluding hydrogens is 649 g/mol. The second-order valence-electron chi connectivity index (χ2n) is 15.4. The van der Waals surface area contributed by atoms with E-state index in [0.717, 1.165) is 0 Å². The zero-order chi connectivity index (χ0) is 34.5. The zero-order valence-corrected chi connectivity index (χ0v) is 31.3. The van der Waals surface area contributed by atoms with Gasteiger partial charge in [0, 0.05) is 26.9 Å². The first-order valence-electron chi connectivity index (χ1n) is 18.1. The lowest BCUT2D eigenvalue weighted by Gasteiger charge is -2.41. The molecule has 4 heteroatoms. The van der Waals surface area contributed by atoms with Crippen LogP contribution in [0.3, 0.4) is 0 Å². The highest BCUT2D eigenvalue weighted by atomic mass is 32.2. The molecule has 0 amide bonds. The van der Waals surface area contributed by atoms with Crippen molar-refractivity contribution in [2.24, 2.45) is 0 Å². The number of benzene rings is 7. The summed E-state index contributed by atoms with van der Waals surface area (Å²) in [6.45, 7) is 9.28. The first-order valence-corrected chi connectivity index (χ1v) is 20.9. The molecule has 0 saturated carbocycles. The number of fused-ring (bicyclic) bond motifs is 7. The van der Waals surface area contributed by atoms with Gasteiger partial charge in [0.15, 0.2) is 8.07 Å². The van der Waals surface area contributed by atoms with Gasteiger partial charge in [-0.15, -0.1) is 0 Å². The lowest BCUT2D eigenvalue weighted by atomic mass is 9.35. The Morgan fingerprint density at radius 2 is 1.20 bits per heavy atom. The van der Waals surface area contributed by atoms with Gasteiger partial charge in [-0.3, -0.25) is 0 Å². The lowest BCUT2D eigenvalue weighted by Crippen LogP contribution is -2.73. The van der Waals surface area contributed by atoms with E-state index >= 15 is 0 Å². The van der Waals surface area contributed by atoms with Crippen LogP contribution in [0.2, 0.25) is 0 Å². The Hall–Kier alpha value is -5.03. The normalized spacial score (nSPS) is 14.7. The number of hydrogen-bond acceptors (Lipinski definition) is 2. The fourth-order valence-corrected chi connectivity index (χ4v) is 15.6. The fraction of sp³-hybridized carbons (Fsp3) is 0.106. The summed E-state index contributed by atoms with van der Waals surface area (Å²) in [5.74, 6) is 0. The van der Waals surface area contributed by atoms with E-state index < -0.39 is 8.07 Å². The molecule has 1 nitrogen and oxygen atoms in total. The summed E-state index contributed by atoms with van der Waals surface area (Å²) in [6, 6.07) is 60.6. The molecule has 0 aromatic heterocycles. The summed E-state index contributed by atoms with van der Waals surface area (Å²) in [5.41, 5.74) is 13.5. The maximum absolute atomic E-state index is 2.67. The summed E-state index contributed by atoms with van der Waals surface area (Å²) >= 11 is 1.93. The Labute approximate surface area is 307 Å². The van der Waals surface area contributed by atoms with E-state index in [1.807, 2.05) is 11.8 Å². The quantitative estimate of drug-likeness (QED) is 0.178. The van der Waals surface area contributed by atoms with Crippen molar-refractivity contribution < 1.29 is 0 Å². The molecule has 7 aromatic rings. The van der Waals surface area contributed by atoms with Crippen molar-refractivity contribution >= 4 is 80.7 Å². The molecule has 0 N–H and O–H groups in total. The van der Waals surface area contributed by atoms with Crippen LogP contribution in [0.25, 0.3) is 11.1 Å². The van der Waals surface area contributed by atoms with E-state index in [9.17, 15) is 0 Å². The van der Waals surface area contributed by atoms with Crippen molar-refractivity contribution in [2.45, 2.75) is 42.9 Å². The highest BCUT2D eigenvalue weighted by Gasteiger charge is 2.51. The van der Waals surface area contributed by atoms with E-state index in [1.165, 1.54) is 86.2 Å². The van der Waals surface area contributed by atoms with Gasteiger partial charge in [-0.25, -0.2) is 0 Å². The summed E-state index contributed by atoms with van der Waals surface area (Å²) < 4.78 is 0.